The summed E-state index contributed by atoms with van der Waals surface area (Å²) in [5.74, 6) is -0.554. The van der Waals surface area contributed by atoms with E-state index in [0.717, 1.165) is 0 Å². The molecule has 14 heavy (non-hydrogen) atoms. The molecule has 0 amide bonds. The molecule has 0 aromatic rings. The highest BCUT2D eigenvalue weighted by molar-refractivity contribution is 6.12. The van der Waals surface area contributed by atoms with E-state index in [0.29, 0.717) is 6.21 Å². The molecular weight excluding hydrogens is 197 g/mol. The molecule has 3 nitrogen and oxygen atoms in total. The lowest BCUT2D eigenvalue weighted by atomic mass is 10.1. The van der Waals surface area contributed by atoms with Gasteiger partial charge in [-0.1, -0.05) is 6.92 Å². The zero-order chi connectivity index (χ0) is 11.4. The molecule has 6 heteroatoms. The van der Waals surface area contributed by atoms with Gasteiger partial charge in [0.1, 0.15) is 0 Å². The molecule has 0 aromatic carbocycles. The van der Waals surface area contributed by atoms with Crippen molar-refractivity contribution >= 4 is 12.0 Å². The summed E-state index contributed by atoms with van der Waals surface area (Å²) in [6.45, 7) is 1.49. The first-order chi connectivity index (χ1) is 6.31. The molecule has 3 N–H and O–H groups in total. The van der Waals surface area contributed by atoms with E-state index in [4.69, 9.17) is 11.1 Å². The monoisotopic (exact) mass is 208 g/mol. The number of alkyl halides is 3. The lowest BCUT2D eigenvalue weighted by Gasteiger charge is -2.08. The zero-order valence-electron chi connectivity index (χ0n) is 7.61. The first kappa shape index (κ1) is 12.7. The van der Waals surface area contributed by atoms with Crippen LogP contribution in [0.15, 0.2) is 11.3 Å². The van der Waals surface area contributed by atoms with Gasteiger partial charge in [-0.2, -0.15) is 13.2 Å². The molecule has 0 heterocycles. The Kier molecular flexibility index (Phi) is 4.33. The van der Waals surface area contributed by atoms with Gasteiger partial charge in [-0.05, 0) is 0 Å². The molecule has 80 valence electrons. The van der Waals surface area contributed by atoms with Crippen molar-refractivity contribution in [3.63, 3.8) is 0 Å². The highest BCUT2D eigenvalue weighted by atomic mass is 19.4. The second-order valence-corrected chi connectivity index (χ2v) is 2.65. The predicted molar refractivity (Wildman–Crippen MR) is 46.0 cm³/mol. The third kappa shape index (κ3) is 4.06. The average molecular weight is 208 g/mol. The average Bonchev–Trinajstić information content (AvgIpc) is 2.01. The van der Waals surface area contributed by atoms with Gasteiger partial charge in [-0.3, -0.25) is 4.79 Å². The number of allylic oxidation sites excluding steroid dienone is 2. The van der Waals surface area contributed by atoms with Crippen molar-refractivity contribution in [2.24, 2.45) is 5.73 Å². The molecule has 0 fully saturated rings. The Bertz CT molecular complexity index is 268. The van der Waals surface area contributed by atoms with Gasteiger partial charge >= 0.3 is 6.18 Å². The minimum absolute atomic E-state index is 0.0310. The van der Waals surface area contributed by atoms with E-state index < -0.39 is 24.1 Å². The van der Waals surface area contributed by atoms with Gasteiger partial charge < -0.3 is 11.1 Å². The number of hydrogen-bond acceptors (Lipinski definition) is 3. The fourth-order valence-electron chi connectivity index (χ4n) is 0.854. The second kappa shape index (κ2) is 4.78. The highest BCUT2D eigenvalue weighted by Crippen LogP contribution is 2.23. The molecule has 0 rings (SSSR count). The molecule has 0 atom stereocenters. The van der Waals surface area contributed by atoms with Gasteiger partial charge in [0.25, 0.3) is 0 Å². The summed E-state index contributed by atoms with van der Waals surface area (Å²) in [7, 11) is 0. The van der Waals surface area contributed by atoms with Gasteiger partial charge in [-0.25, -0.2) is 0 Å². The van der Waals surface area contributed by atoms with Gasteiger partial charge in [0, 0.05) is 18.3 Å². The van der Waals surface area contributed by atoms with Gasteiger partial charge in [0.15, 0.2) is 5.78 Å². The van der Waals surface area contributed by atoms with E-state index in [1.165, 1.54) is 6.92 Å². The van der Waals surface area contributed by atoms with Crippen molar-refractivity contribution in [3.8, 4) is 0 Å². The SMILES string of the molecule is CCC(=O)/C(C=N)=C(/N)CC(F)(F)F. The van der Waals surface area contributed by atoms with E-state index in [1.807, 2.05) is 0 Å². The first-order valence-corrected chi connectivity index (χ1v) is 3.90. The second-order valence-electron chi connectivity index (χ2n) is 2.65. The number of halogens is 3. The van der Waals surface area contributed by atoms with Crippen molar-refractivity contribution < 1.29 is 18.0 Å². The molecule has 0 aliphatic rings. The van der Waals surface area contributed by atoms with Crippen LogP contribution in [0.5, 0.6) is 0 Å². The van der Waals surface area contributed by atoms with Gasteiger partial charge in [0.2, 0.25) is 0 Å². The van der Waals surface area contributed by atoms with Crippen LogP contribution in [-0.2, 0) is 4.79 Å². The first-order valence-electron chi connectivity index (χ1n) is 3.90. The molecule has 0 saturated heterocycles. The number of nitrogens with two attached hydrogens (primary N) is 1. The maximum absolute atomic E-state index is 11.9. The minimum atomic E-state index is -4.45. The normalized spacial score (nSPS) is 13.4. The minimum Gasteiger partial charge on any atom is -0.401 e. The van der Waals surface area contributed by atoms with Crippen LogP contribution in [0.2, 0.25) is 0 Å². The Hall–Kier alpha value is -1.33. The molecule has 0 unspecified atom stereocenters. The smallest absolute Gasteiger partial charge is 0.394 e. The van der Waals surface area contributed by atoms with Crippen LogP contribution < -0.4 is 5.73 Å². The number of nitrogens with one attached hydrogen (secondary N) is 1. The zero-order valence-corrected chi connectivity index (χ0v) is 7.61. The van der Waals surface area contributed by atoms with Crippen LogP contribution >= 0.6 is 0 Å². The van der Waals surface area contributed by atoms with Crippen LogP contribution in [0.25, 0.3) is 0 Å². The number of carbonyl (C=O) groups excluding carboxylic acids is 1. The van der Waals surface area contributed by atoms with Crippen LogP contribution in [0.4, 0.5) is 13.2 Å². The van der Waals surface area contributed by atoms with E-state index in [-0.39, 0.29) is 12.0 Å². The summed E-state index contributed by atoms with van der Waals surface area (Å²) in [6.07, 6.45) is -5.22. The Labute approximate surface area is 79.3 Å². The molecular formula is C8H11F3N2O. The van der Waals surface area contributed by atoms with Crippen molar-refractivity contribution in [1.29, 1.82) is 5.41 Å². The Morgan fingerprint density at radius 2 is 2.00 bits per heavy atom. The van der Waals surface area contributed by atoms with Crippen molar-refractivity contribution in [1.82, 2.24) is 0 Å². The lowest BCUT2D eigenvalue weighted by molar-refractivity contribution is -0.127. The van der Waals surface area contributed by atoms with E-state index in [1.54, 1.807) is 0 Å². The molecule has 0 bridgehead atoms. The largest absolute Gasteiger partial charge is 0.401 e. The molecule has 0 aromatic heterocycles. The van der Waals surface area contributed by atoms with Crippen LogP contribution in [-0.4, -0.2) is 18.2 Å². The van der Waals surface area contributed by atoms with Gasteiger partial charge in [-0.15, -0.1) is 0 Å². The Morgan fingerprint density at radius 1 is 1.50 bits per heavy atom. The maximum Gasteiger partial charge on any atom is 0.394 e. The van der Waals surface area contributed by atoms with Crippen molar-refractivity contribution in [3.05, 3.63) is 11.3 Å². The van der Waals surface area contributed by atoms with Crippen molar-refractivity contribution in [2.75, 3.05) is 0 Å². The van der Waals surface area contributed by atoms with Crippen molar-refractivity contribution in [2.45, 2.75) is 25.9 Å². The fourth-order valence-corrected chi connectivity index (χ4v) is 0.854. The van der Waals surface area contributed by atoms with E-state index in [2.05, 4.69) is 0 Å². The quantitative estimate of drug-likeness (QED) is 0.546. The molecule has 0 aliphatic carbocycles. The molecule has 0 aliphatic heterocycles. The molecule has 0 spiro atoms. The predicted octanol–water partition coefficient (Wildman–Crippen LogP) is 1.78. The Balaban J connectivity index is 4.85. The molecule has 0 radical (unpaired) electrons. The van der Waals surface area contributed by atoms with Crippen LogP contribution in [0.3, 0.4) is 0 Å². The summed E-state index contributed by atoms with van der Waals surface area (Å²) >= 11 is 0. The standard InChI is InChI=1S/C8H11F3N2O/c1-2-7(14)5(4-12)6(13)3-8(9,10)11/h4,12H,2-3,13H2,1H3/b6-5+,12-4?. The number of Topliss-reactive ketones (excluding diaryl/α,β-unsaturated/α-hetero) is 1. The third-order valence-electron chi connectivity index (χ3n) is 1.50. The van der Waals surface area contributed by atoms with E-state index >= 15 is 0 Å². The number of rotatable bonds is 4. The lowest BCUT2D eigenvalue weighted by Crippen LogP contribution is -2.18. The maximum atomic E-state index is 11.9. The number of ketones is 1. The number of hydrogen-bond donors (Lipinski definition) is 2. The summed E-state index contributed by atoms with van der Waals surface area (Å²) in [5.41, 5.74) is 4.12. The fraction of sp³-hybridized carbons (Fsp3) is 0.500. The highest BCUT2D eigenvalue weighted by Gasteiger charge is 2.29. The summed E-state index contributed by atoms with van der Waals surface area (Å²) in [4.78, 5) is 11.0. The topological polar surface area (TPSA) is 66.9 Å². The summed E-state index contributed by atoms with van der Waals surface area (Å²) in [5, 5.41) is 6.78. The van der Waals surface area contributed by atoms with Gasteiger partial charge in [0.05, 0.1) is 12.0 Å². The van der Waals surface area contributed by atoms with E-state index in [9.17, 15) is 18.0 Å². The van der Waals surface area contributed by atoms with Crippen LogP contribution in [0.1, 0.15) is 19.8 Å². The molecule has 0 saturated carbocycles. The summed E-state index contributed by atoms with van der Waals surface area (Å²) < 4.78 is 35.6. The Morgan fingerprint density at radius 3 is 2.29 bits per heavy atom. The van der Waals surface area contributed by atoms with Crippen LogP contribution in [0, 0.1) is 5.41 Å². The summed E-state index contributed by atoms with van der Waals surface area (Å²) in [6, 6.07) is 0. The number of carbonyl (C=O) groups is 1. The third-order valence-corrected chi connectivity index (χ3v) is 1.50.